The second-order valence-corrected chi connectivity index (χ2v) is 7.67. The normalized spacial score (nSPS) is 21.5. The zero-order chi connectivity index (χ0) is 19.2. The summed E-state index contributed by atoms with van der Waals surface area (Å²) in [4.78, 5) is 7.17. The van der Waals surface area contributed by atoms with Crippen LogP contribution in [-0.4, -0.2) is 45.0 Å². The van der Waals surface area contributed by atoms with Gasteiger partial charge in [0.1, 0.15) is 5.75 Å². The first-order valence-corrected chi connectivity index (χ1v) is 10.3. The Kier molecular flexibility index (Phi) is 6.78. The molecule has 1 aromatic rings. The molecule has 1 saturated heterocycles. The number of fused-ring (bicyclic) bond motifs is 1. The maximum atomic E-state index is 6.25. The molecular weight excluding hydrogens is 336 g/mol. The summed E-state index contributed by atoms with van der Waals surface area (Å²) >= 11 is 0. The number of nitrogens with zero attached hydrogens (tertiary/aromatic N) is 2. The molecule has 0 aromatic heterocycles. The van der Waals surface area contributed by atoms with Crippen LogP contribution in [0.4, 0.5) is 5.69 Å². The lowest BCUT2D eigenvalue weighted by Crippen LogP contribution is -2.33. The smallest absolute Gasteiger partial charge is 0.132 e. The molecule has 148 valence electrons. The van der Waals surface area contributed by atoms with Gasteiger partial charge in [0, 0.05) is 47.9 Å². The first-order chi connectivity index (χ1) is 13.2. The topological polar surface area (TPSA) is 62.9 Å². The molecule has 0 spiro atoms. The lowest BCUT2D eigenvalue weighted by Gasteiger charge is -2.35. The Morgan fingerprint density at radius 2 is 2.11 bits per heavy atom. The van der Waals surface area contributed by atoms with Crippen LogP contribution in [0.25, 0.3) is 5.57 Å². The van der Waals surface area contributed by atoms with Gasteiger partial charge in [-0.2, -0.15) is 0 Å². The van der Waals surface area contributed by atoms with Crippen LogP contribution < -0.4 is 20.7 Å². The third-order valence-electron chi connectivity index (χ3n) is 5.76. The van der Waals surface area contributed by atoms with Gasteiger partial charge in [-0.15, -0.1) is 0 Å². The van der Waals surface area contributed by atoms with E-state index in [-0.39, 0.29) is 0 Å². The van der Waals surface area contributed by atoms with Crippen molar-refractivity contribution in [3.63, 3.8) is 0 Å². The summed E-state index contributed by atoms with van der Waals surface area (Å²) in [7, 11) is 2.17. The van der Waals surface area contributed by atoms with Crippen molar-refractivity contribution < 1.29 is 4.74 Å². The number of hydrogen-bond acceptors (Lipinski definition) is 5. The molecule has 5 nitrogen and oxygen atoms in total. The van der Waals surface area contributed by atoms with Crippen molar-refractivity contribution in [2.24, 2.45) is 10.7 Å². The Hall–Kier alpha value is -2.01. The van der Waals surface area contributed by atoms with E-state index in [2.05, 4.69) is 43.2 Å². The SMILES string of the molecule is CCCOc1c(C(C=NC2CCNCC2)=CN)ccc2c1CCC(C)N2C. The summed E-state index contributed by atoms with van der Waals surface area (Å²) in [5, 5.41) is 3.38. The molecule has 1 atom stereocenters. The van der Waals surface area contributed by atoms with Gasteiger partial charge in [-0.1, -0.05) is 6.92 Å². The van der Waals surface area contributed by atoms with Crippen LogP contribution in [0.1, 0.15) is 50.7 Å². The minimum atomic E-state index is 0.380. The fraction of sp³-hybridized carbons (Fsp3) is 0.591. The quantitative estimate of drug-likeness (QED) is 0.754. The molecule has 1 unspecified atom stereocenters. The van der Waals surface area contributed by atoms with E-state index in [0.29, 0.717) is 18.7 Å². The highest BCUT2D eigenvalue weighted by Gasteiger charge is 2.25. The van der Waals surface area contributed by atoms with Crippen molar-refractivity contribution >= 4 is 17.5 Å². The molecule has 3 rings (SSSR count). The standard InChI is InChI=1S/C22H34N4O/c1-4-13-27-22-19(7-8-21-20(22)6-5-16(2)26(21)3)17(14-23)15-25-18-9-11-24-12-10-18/h7-8,14-16,18,24H,4-6,9-13,23H2,1-3H3. The molecule has 0 amide bonds. The summed E-state index contributed by atoms with van der Waals surface area (Å²) in [6.45, 7) is 7.21. The van der Waals surface area contributed by atoms with E-state index in [0.717, 1.165) is 62.1 Å². The Morgan fingerprint density at radius 3 is 2.81 bits per heavy atom. The number of aliphatic imine (C=N–C) groups is 1. The summed E-state index contributed by atoms with van der Waals surface area (Å²) in [6, 6.07) is 5.28. The van der Waals surface area contributed by atoms with E-state index in [4.69, 9.17) is 15.5 Å². The van der Waals surface area contributed by atoms with E-state index >= 15 is 0 Å². The zero-order valence-corrected chi connectivity index (χ0v) is 17.0. The highest BCUT2D eigenvalue weighted by Crippen LogP contribution is 2.40. The van der Waals surface area contributed by atoms with Crippen molar-refractivity contribution in [3.05, 3.63) is 29.5 Å². The van der Waals surface area contributed by atoms with Crippen LogP contribution in [0.2, 0.25) is 0 Å². The first-order valence-electron chi connectivity index (χ1n) is 10.3. The fourth-order valence-electron chi connectivity index (χ4n) is 3.91. The minimum Gasteiger partial charge on any atom is -0.493 e. The van der Waals surface area contributed by atoms with Gasteiger partial charge in [0.2, 0.25) is 0 Å². The van der Waals surface area contributed by atoms with Gasteiger partial charge in [0.25, 0.3) is 0 Å². The number of nitrogens with two attached hydrogens (primary N) is 1. The fourth-order valence-corrected chi connectivity index (χ4v) is 3.91. The summed E-state index contributed by atoms with van der Waals surface area (Å²) in [5.41, 5.74) is 10.6. The number of allylic oxidation sites excluding steroid dienone is 1. The highest BCUT2D eigenvalue weighted by molar-refractivity contribution is 6.11. The Balaban J connectivity index is 1.93. The van der Waals surface area contributed by atoms with Gasteiger partial charge in [-0.05, 0) is 64.3 Å². The summed E-state index contributed by atoms with van der Waals surface area (Å²) in [5.74, 6) is 0.988. The monoisotopic (exact) mass is 370 g/mol. The number of piperidine rings is 1. The van der Waals surface area contributed by atoms with Gasteiger partial charge in [0.15, 0.2) is 0 Å². The average molecular weight is 371 g/mol. The first kappa shape index (κ1) is 19.7. The van der Waals surface area contributed by atoms with Crippen LogP contribution in [0.5, 0.6) is 5.75 Å². The van der Waals surface area contributed by atoms with Crippen molar-refractivity contribution in [2.75, 3.05) is 31.6 Å². The van der Waals surface area contributed by atoms with Crippen molar-refractivity contribution in [1.29, 1.82) is 0 Å². The van der Waals surface area contributed by atoms with Gasteiger partial charge in [-0.25, -0.2) is 0 Å². The minimum absolute atomic E-state index is 0.380. The molecule has 2 heterocycles. The number of benzene rings is 1. The maximum Gasteiger partial charge on any atom is 0.132 e. The predicted octanol–water partition coefficient (Wildman–Crippen LogP) is 3.37. The van der Waals surface area contributed by atoms with Crippen LogP contribution in [0, 0.1) is 0 Å². The van der Waals surface area contributed by atoms with E-state index in [1.54, 1.807) is 6.20 Å². The number of ether oxygens (including phenoxy) is 1. The number of nitrogens with one attached hydrogen (secondary N) is 1. The molecule has 0 aliphatic carbocycles. The lowest BCUT2D eigenvalue weighted by molar-refractivity contribution is 0.312. The van der Waals surface area contributed by atoms with Crippen LogP contribution >= 0.6 is 0 Å². The molecule has 1 aromatic carbocycles. The van der Waals surface area contributed by atoms with Gasteiger partial charge < -0.3 is 20.7 Å². The van der Waals surface area contributed by atoms with E-state index in [1.807, 2.05) is 6.21 Å². The maximum absolute atomic E-state index is 6.25. The lowest BCUT2D eigenvalue weighted by atomic mass is 9.92. The Bertz CT molecular complexity index is 692. The van der Waals surface area contributed by atoms with Gasteiger partial charge >= 0.3 is 0 Å². The largest absolute Gasteiger partial charge is 0.493 e. The highest BCUT2D eigenvalue weighted by atomic mass is 16.5. The zero-order valence-electron chi connectivity index (χ0n) is 17.0. The van der Waals surface area contributed by atoms with E-state index in [9.17, 15) is 0 Å². The molecule has 0 saturated carbocycles. The second kappa shape index (κ2) is 9.27. The third-order valence-corrected chi connectivity index (χ3v) is 5.76. The molecule has 0 bridgehead atoms. The molecule has 5 heteroatoms. The average Bonchev–Trinajstić information content (AvgIpc) is 2.70. The van der Waals surface area contributed by atoms with Gasteiger partial charge in [-0.3, -0.25) is 4.99 Å². The number of hydrogen-bond donors (Lipinski definition) is 2. The van der Waals surface area contributed by atoms with Crippen LogP contribution in [0.15, 0.2) is 23.3 Å². The molecular formula is C22H34N4O. The molecule has 0 radical (unpaired) electrons. The van der Waals surface area contributed by atoms with Crippen molar-refractivity contribution in [3.8, 4) is 5.75 Å². The molecule has 2 aliphatic heterocycles. The number of anilines is 1. The molecule has 3 N–H and O–H groups in total. The molecule has 1 fully saturated rings. The van der Waals surface area contributed by atoms with E-state index < -0.39 is 0 Å². The molecule has 2 aliphatic rings. The second-order valence-electron chi connectivity index (χ2n) is 7.67. The van der Waals surface area contributed by atoms with Crippen LogP contribution in [-0.2, 0) is 6.42 Å². The molecule has 27 heavy (non-hydrogen) atoms. The predicted molar refractivity (Wildman–Crippen MR) is 115 cm³/mol. The Labute approximate surface area is 163 Å². The van der Waals surface area contributed by atoms with Crippen molar-refractivity contribution in [1.82, 2.24) is 5.32 Å². The summed E-state index contributed by atoms with van der Waals surface area (Å²) in [6.07, 6.45) is 8.95. The van der Waals surface area contributed by atoms with Crippen molar-refractivity contribution in [2.45, 2.75) is 58.0 Å². The third kappa shape index (κ3) is 4.46. The Morgan fingerprint density at radius 1 is 1.33 bits per heavy atom. The summed E-state index contributed by atoms with van der Waals surface area (Å²) < 4.78 is 6.25. The van der Waals surface area contributed by atoms with Gasteiger partial charge in [0.05, 0.1) is 12.6 Å². The van der Waals surface area contributed by atoms with Crippen LogP contribution in [0.3, 0.4) is 0 Å². The van der Waals surface area contributed by atoms with E-state index in [1.165, 1.54) is 11.3 Å². The number of rotatable bonds is 6.